The molecule has 0 aliphatic carbocycles. The van der Waals surface area contributed by atoms with Crippen LogP contribution in [0.15, 0.2) is 59.4 Å². The number of H-pyrrole nitrogens is 1. The van der Waals surface area contributed by atoms with Crippen LogP contribution in [0.2, 0.25) is 5.02 Å². The number of hydroxylamine groups is 2. The SMILES string of the molecule is CCC(=O)c1c(-c2ccccc2)c2cc(Cl)ccc2c(=O)n1Cc1cc(C(=O)N(C)OC)n[nH]1. The lowest BCUT2D eigenvalue weighted by atomic mass is 9.94. The molecular formula is C25H23ClN4O4. The number of fused-ring (bicyclic) bond motifs is 1. The molecule has 1 N–H and O–H groups in total. The molecular weight excluding hydrogens is 456 g/mol. The zero-order chi connectivity index (χ0) is 24.4. The summed E-state index contributed by atoms with van der Waals surface area (Å²) >= 11 is 6.28. The number of pyridine rings is 1. The molecule has 0 unspecified atom stereocenters. The summed E-state index contributed by atoms with van der Waals surface area (Å²) in [7, 11) is 2.85. The molecule has 34 heavy (non-hydrogen) atoms. The van der Waals surface area contributed by atoms with Crippen LogP contribution < -0.4 is 5.56 Å². The van der Waals surface area contributed by atoms with Gasteiger partial charge in [0, 0.05) is 29.4 Å². The molecule has 0 bridgehead atoms. The Labute approximate surface area is 200 Å². The number of Topliss-reactive ketones (excluding diaryl/α,β-unsaturated/α-hetero) is 1. The number of rotatable bonds is 7. The molecule has 8 nitrogen and oxygen atoms in total. The Balaban J connectivity index is 1.97. The van der Waals surface area contributed by atoms with E-state index < -0.39 is 5.91 Å². The van der Waals surface area contributed by atoms with Crippen molar-refractivity contribution in [3.05, 3.63) is 87.1 Å². The summed E-state index contributed by atoms with van der Waals surface area (Å²) in [6.07, 6.45) is 0.205. The van der Waals surface area contributed by atoms with Gasteiger partial charge in [0.1, 0.15) is 0 Å². The maximum atomic E-state index is 13.6. The number of nitrogens with one attached hydrogen (secondary N) is 1. The van der Waals surface area contributed by atoms with Crippen molar-refractivity contribution < 1.29 is 14.4 Å². The lowest BCUT2D eigenvalue weighted by molar-refractivity contribution is -0.0760. The van der Waals surface area contributed by atoms with Crippen molar-refractivity contribution in [3.8, 4) is 11.1 Å². The summed E-state index contributed by atoms with van der Waals surface area (Å²) in [5.74, 6) is -0.631. The van der Waals surface area contributed by atoms with Gasteiger partial charge in [-0.15, -0.1) is 0 Å². The van der Waals surface area contributed by atoms with Crippen molar-refractivity contribution in [1.82, 2.24) is 19.8 Å². The van der Waals surface area contributed by atoms with E-state index in [1.54, 1.807) is 31.2 Å². The molecule has 2 aromatic carbocycles. The molecule has 9 heteroatoms. The molecule has 1 amide bonds. The standard InChI is InChI=1S/C25H23ClN4O4/c1-4-21(31)23-22(15-8-6-5-7-9-15)19-12-16(26)10-11-18(19)24(32)30(23)14-17-13-20(28-27-17)25(33)29(2)34-3/h5-13H,4,14H2,1-3H3,(H,27,28). The molecule has 0 radical (unpaired) electrons. The van der Waals surface area contributed by atoms with Crippen LogP contribution in [-0.2, 0) is 11.4 Å². The molecule has 0 aliphatic heterocycles. The predicted octanol–water partition coefficient (Wildman–Crippen LogP) is 4.32. The molecule has 0 aliphatic rings. The molecule has 0 atom stereocenters. The number of amides is 1. The van der Waals surface area contributed by atoms with Crippen molar-refractivity contribution in [3.63, 3.8) is 0 Å². The van der Waals surface area contributed by atoms with E-state index in [-0.39, 0.29) is 35.7 Å². The first-order valence-electron chi connectivity index (χ1n) is 10.7. The van der Waals surface area contributed by atoms with Crippen LogP contribution in [-0.4, -0.2) is 45.7 Å². The average molecular weight is 479 g/mol. The van der Waals surface area contributed by atoms with Gasteiger partial charge in [-0.1, -0.05) is 48.9 Å². The number of hydrogen-bond donors (Lipinski definition) is 1. The van der Waals surface area contributed by atoms with E-state index in [4.69, 9.17) is 16.4 Å². The van der Waals surface area contributed by atoms with Crippen LogP contribution in [0.5, 0.6) is 0 Å². The predicted molar refractivity (Wildman–Crippen MR) is 130 cm³/mol. The monoisotopic (exact) mass is 478 g/mol. The van der Waals surface area contributed by atoms with Gasteiger partial charge in [0.25, 0.3) is 11.5 Å². The van der Waals surface area contributed by atoms with Gasteiger partial charge in [-0.25, -0.2) is 5.06 Å². The van der Waals surface area contributed by atoms with Gasteiger partial charge in [-0.3, -0.25) is 28.9 Å². The fourth-order valence-corrected chi connectivity index (χ4v) is 4.06. The van der Waals surface area contributed by atoms with Gasteiger partial charge in [0.05, 0.1) is 25.0 Å². The van der Waals surface area contributed by atoms with Crippen molar-refractivity contribution in [1.29, 1.82) is 0 Å². The maximum Gasteiger partial charge on any atom is 0.297 e. The fourth-order valence-electron chi connectivity index (χ4n) is 3.89. The van der Waals surface area contributed by atoms with Crippen LogP contribution in [0.1, 0.15) is 40.0 Å². The number of carbonyl (C=O) groups excluding carboxylic acids is 2. The van der Waals surface area contributed by atoms with Crippen LogP contribution in [0.4, 0.5) is 0 Å². The highest BCUT2D eigenvalue weighted by Gasteiger charge is 2.24. The van der Waals surface area contributed by atoms with Gasteiger partial charge in [0.15, 0.2) is 11.5 Å². The number of halogens is 1. The highest BCUT2D eigenvalue weighted by molar-refractivity contribution is 6.31. The number of nitrogens with zero attached hydrogens (tertiary/aromatic N) is 3. The van der Waals surface area contributed by atoms with E-state index in [1.165, 1.54) is 18.7 Å². The van der Waals surface area contributed by atoms with Gasteiger partial charge < -0.3 is 0 Å². The maximum absolute atomic E-state index is 13.6. The minimum absolute atomic E-state index is 0.0231. The summed E-state index contributed by atoms with van der Waals surface area (Å²) in [5.41, 5.74) is 2.01. The Bertz CT molecular complexity index is 1440. The quantitative estimate of drug-likeness (QED) is 0.315. The molecule has 2 aromatic heterocycles. The third-order valence-corrected chi connectivity index (χ3v) is 5.85. The number of ketones is 1. The normalized spacial score (nSPS) is 11.1. The van der Waals surface area contributed by atoms with E-state index in [0.717, 1.165) is 10.6 Å². The van der Waals surface area contributed by atoms with E-state index >= 15 is 0 Å². The van der Waals surface area contributed by atoms with E-state index in [2.05, 4.69) is 10.2 Å². The van der Waals surface area contributed by atoms with Gasteiger partial charge >= 0.3 is 0 Å². The zero-order valence-corrected chi connectivity index (χ0v) is 19.7. The molecule has 4 rings (SSSR count). The second-order valence-corrected chi connectivity index (χ2v) is 8.15. The summed E-state index contributed by atoms with van der Waals surface area (Å²) < 4.78 is 1.44. The van der Waals surface area contributed by atoms with Crippen molar-refractivity contribution in [2.45, 2.75) is 19.9 Å². The number of benzene rings is 2. The summed E-state index contributed by atoms with van der Waals surface area (Å²) in [6, 6.07) is 16.0. The van der Waals surface area contributed by atoms with Gasteiger partial charge in [0.2, 0.25) is 0 Å². The summed E-state index contributed by atoms with van der Waals surface area (Å²) in [4.78, 5) is 44.1. The zero-order valence-electron chi connectivity index (χ0n) is 19.0. The first-order valence-corrected chi connectivity index (χ1v) is 11.0. The minimum atomic E-state index is -0.444. The third-order valence-electron chi connectivity index (χ3n) is 5.62. The Morgan fingerprint density at radius 3 is 2.53 bits per heavy atom. The van der Waals surface area contributed by atoms with Crippen molar-refractivity contribution >= 4 is 34.1 Å². The molecule has 0 saturated carbocycles. The second-order valence-electron chi connectivity index (χ2n) is 7.71. The summed E-state index contributed by atoms with van der Waals surface area (Å²) in [5, 5.41) is 9.40. The number of aromatic amines is 1. The summed E-state index contributed by atoms with van der Waals surface area (Å²) in [6.45, 7) is 1.77. The molecule has 174 valence electrons. The van der Waals surface area contributed by atoms with Crippen molar-refractivity contribution in [2.75, 3.05) is 14.2 Å². The highest BCUT2D eigenvalue weighted by atomic mass is 35.5. The number of aromatic nitrogens is 3. The van der Waals surface area contributed by atoms with Crippen molar-refractivity contribution in [2.24, 2.45) is 0 Å². The van der Waals surface area contributed by atoms with Crippen LogP contribution in [0, 0.1) is 0 Å². The average Bonchev–Trinajstić information content (AvgIpc) is 3.33. The lowest BCUT2D eigenvalue weighted by Crippen LogP contribution is -2.28. The number of hydrogen-bond acceptors (Lipinski definition) is 5. The van der Waals surface area contributed by atoms with E-state index in [0.29, 0.717) is 27.1 Å². The molecule has 4 aromatic rings. The van der Waals surface area contributed by atoms with Crippen LogP contribution in [0.25, 0.3) is 21.9 Å². The Morgan fingerprint density at radius 1 is 1.12 bits per heavy atom. The largest absolute Gasteiger partial charge is 0.298 e. The Hall–Kier alpha value is -3.75. The highest BCUT2D eigenvalue weighted by Crippen LogP contribution is 2.33. The molecule has 0 spiro atoms. The Morgan fingerprint density at radius 2 is 1.85 bits per heavy atom. The van der Waals surface area contributed by atoms with Gasteiger partial charge in [-0.05, 0) is 35.2 Å². The first-order chi connectivity index (χ1) is 16.3. The Kier molecular flexibility index (Phi) is 6.63. The van der Waals surface area contributed by atoms with Crippen LogP contribution in [0.3, 0.4) is 0 Å². The van der Waals surface area contributed by atoms with Gasteiger partial charge in [-0.2, -0.15) is 5.10 Å². The van der Waals surface area contributed by atoms with E-state index in [1.807, 2.05) is 30.3 Å². The van der Waals surface area contributed by atoms with Crippen LogP contribution >= 0.6 is 11.6 Å². The molecule has 0 saturated heterocycles. The minimum Gasteiger partial charge on any atom is -0.298 e. The lowest BCUT2D eigenvalue weighted by Gasteiger charge is -2.19. The second kappa shape index (κ2) is 9.62. The fraction of sp³-hybridized carbons (Fsp3) is 0.200. The molecule has 0 fully saturated rings. The topological polar surface area (TPSA) is 97.3 Å². The number of carbonyl (C=O) groups is 2. The van der Waals surface area contributed by atoms with E-state index in [9.17, 15) is 14.4 Å². The third kappa shape index (κ3) is 4.25. The first kappa shape index (κ1) is 23.4. The molecule has 2 heterocycles. The smallest absolute Gasteiger partial charge is 0.297 e.